The Morgan fingerprint density at radius 1 is 1.82 bits per heavy atom. The van der Waals surface area contributed by atoms with Gasteiger partial charge in [-0.15, -0.1) is 0 Å². The topological polar surface area (TPSA) is 24.4 Å². The molecule has 1 N–H and O–H groups in total. The maximum atomic E-state index is 12.9. The predicted octanol–water partition coefficient (Wildman–Crippen LogP) is 1.76. The van der Waals surface area contributed by atoms with E-state index in [0.29, 0.717) is 17.8 Å². The lowest BCUT2D eigenvalue weighted by atomic mass is 10.2. The molecule has 0 aromatic carbocycles. The Hall–Kier alpha value is -1.12. The molecule has 1 aliphatic heterocycles. The molecule has 1 atom stereocenters. The van der Waals surface area contributed by atoms with Gasteiger partial charge >= 0.3 is 0 Å². The molecule has 3 heteroatoms. The fourth-order valence-electron chi connectivity index (χ4n) is 0.828. The van der Waals surface area contributed by atoms with E-state index >= 15 is 0 Å². The predicted molar refractivity (Wildman–Crippen MR) is 44.0 cm³/mol. The van der Waals surface area contributed by atoms with E-state index < -0.39 is 6.17 Å². The molecule has 0 aromatic rings. The van der Waals surface area contributed by atoms with Crippen LogP contribution < -0.4 is 5.32 Å². The monoisotopic (exact) mass is 154 g/mol. The van der Waals surface area contributed by atoms with Crippen molar-refractivity contribution in [3.8, 4) is 0 Å². The van der Waals surface area contributed by atoms with Crippen molar-refractivity contribution in [1.82, 2.24) is 5.32 Å². The van der Waals surface area contributed by atoms with Crippen LogP contribution in [0.4, 0.5) is 4.39 Å². The molecule has 0 fully saturated rings. The van der Waals surface area contributed by atoms with Gasteiger partial charge in [-0.3, -0.25) is 0 Å². The van der Waals surface area contributed by atoms with Crippen LogP contribution in [0.3, 0.4) is 0 Å². The van der Waals surface area contributed by atoms with E-state index in [2.05, 4.69) is 16.9 Å². The summed E-state index contributed by atoms with van der Waals surface area (Å²) in [6, 6.07) is 0. The smallest absolute Gasteiger partial charge is 0.142 e. The van der Waals surface area contributed by atoms with Crippen molar-refractivity contribution in [2.24, 2.45) is 4.99 Å². The maximum absolute atomic E-state index is 12.9. The summed E-state index contributed by atoms with van der Waals surface area (Å²) in [7, 11) is 0. The summed E-state index contributed by atoms with van der Waals surface area (Å²) >= 11 is 0. The van der Waals surface area contributed by atoms with Gasteiger partial charge in [0, 0.05) is 5.70 Å². The highest BCUT2D eigenvalue weighted by Gasteiger charge is 2.11. The van der Waals surface area contributed by atoms with Gasteiger partial charge in [-0.25, -0.2) is 9.38 Å². The van der Waals surface area contributed by atoms with Crippen molar-refractivity contribution in [3.63, 3.8) is 0 Å². The lowest BCUT2D eigenvalue weighted by Crippen LogP contribution is -2.15. The second-order valence-electron chi connectivity index (χ2n) is 2.37. The van der Waals surface area contributed by atoms with Gasteiger partial charge in [-0.1, -0.05) is 13.5 Å². The van der Waals surface area contributed by atoms with E-state index in [1.165, 1.54) is 6.34 Å². The Balaban J connectivity index is 2.71. The summed E-state index contributed by atoms with van der Waals surface area (Å²) in [6.45, 7) is 5.42. The first-order valence-corrected chi connectivity index (χ1v) is 3.57. The number of hydrogen-bond donors (Lipinski definition) is 1. The van der Waals surface area contributed by atoms with Crippen LogP contribution in [0.1, 0.15) is 13.3 Å². The third-order valence-electron chi connectivity index (χ3n) is 1.47. The number of nitrogens with zero attached hydrogens (tertiary/aromatic N) is 1. The molecule has 0 radical (unpaired) electrons. The SMILES string of the molecule is C=C1C=C(C(F)CC)N=CN1. The van der Waals surface area contributed by atoms with Crippen LogP contribution in [0.2, 0.25) is 0 Å². The highest BCUT2D eigenvalue weighted by molar-refractivity contribution is 5.63. The van der Waals surface area contributed by atoms with Crippen molar-refractivity contribution in [3.05, 3.63) is 24.0 Å². The molecule has 0 saturated heterocycles. The molecule has 0 aliphatic carbocycles. The average molecular weight is 154 g/mol. The van der Waals surface area contributed by atoms with E-state index in [0.717, 1.165) is 0 Å². The standard InChI is InChI=1S/C8H11FN2/c1-3-7(9)8-4-6(2)10-5-11-8/h4-5,7H,2-3H2,1H3,(H,10,11). The van der Waals surface area contributed by atoms with Crippen LogP contribution in [0.15, 0.2) is 29.0 Å². The summed E-state index contributed by atoms with van der Waals surface area (Å²) in [4.78, 5) is 3.84. The molecule has 60 valence electrons. The first-order valence-electron chi connectivity index (χ1n) is 3.57. The minimum atomic E-state index is -0.968. The average Bonchev–Trinajstić information content (AvgIpc) is 2.03. The molecular formula is C8H11FN2. The minimum Gasteiger partial charge on any atom is -0.347 e. The summed E-state index contributed by atoms with van der Waals surface area (Å²) in [5.41, 5.74) is 1.14. The molecule has 1 aliphatic rings. The van der Waals surface area contributed by atoms with E-state index in [-0.39, 0.29) is 0 Å². The number of rotatable bonds is 2. The number of alkyl halides is 1. The summed E-state index contributed by atoms with van der Waals surface area (Å²) < 4.78 is 12.9. The highest BCUT2D eigenvalue weighted by Crippen LogP contribution is 2.14. The van der Waals surface area contributed by atoms with E-state index in [9.17, 15) is 4.39 Å². The third kappa shape index (κ3) is 1.90. The Kier molecular flexibility index (Phi) is 2.41. The first kappa shape index (κ1) is 7.98. The van der Waals surface area contributed by atoms with Gasteiger partial charge in [-0.05, 0) is 12.5 Å². The molecule has 1 heterocycles. The zero-order chi connectivity index (χ0) is 8.27. The van der Waals surface area contributed by atoms with Gasteiger partial charge in [-0.2, -0.15) is 0 Å². The Bertz CT molecular complexity index is 218. The van der Waals surface area contributed by atoms with Gasteiger partial charge in [0.1, 0.15) is 6.17 Å². The number of allylic oxidation sites excluding steroid dienone is 2. The number of hydrogen-bond acceptors (Lipinski definition) is 2. The van der Waals surface area contributed by atoms with Crippen molar-refractivity contribution in [2.45, 2.75) is 19.5 Å². The molecule has 11 heavy (non-hydrogen) atoms. The second-order valence-corrected chi connectivity index (χ2v) is 2.37. The van der Waals surface area contributed by atoms with Crippen LogP contribution in [-0.2, 0) is 0 Å². The van der Waals surface area contributed by atoms with E-state index in [1.807, 2.05) is 0 Å². The van der Waals surface area contributed by atoms with Crippen molar-refractivity contribution in [1.29, 1.82) is 0 Å². The van der Waals surface area contributed by atoms with Crippen LogP contribution >= 0.6 is 0 Å². The normalized spacial score (nSPS) is 19.1. The molecule has 0 aromatic heterocycles. The largest absolute Gasteiger partial charge is 0.347 e. The summed E-state index contributed by atoms with van der Waals surface area (Å²) in [5, 5.41) is 2.76. The summed E-state index contributed by atoms with van der Waals surface area (Å²) in [6.07, 6.45) is 2.56. The molecule has 0 amide bonds. The van der Waals surface area contributed by atoms with Crippen molar-refractivity contribution in [2.75, 3.05) is 0 Å². The van der Waals surface area contributed by atoms with E-state index in [4.69, 9.17) is 0 Å². The number of aliphatic imine (C=N–C) groups is 1. The summed E-state index contributed by atoms with van der Waals surface area (Å²) in [5.74, 6) is 0. The van der Waals surface area contributed by atoms with Crippen LogP contribution in [-0.4, -0.2) is 12.5 Å². The third-order valence-corrected chi connectivity index (χ3v) is 1.47. The first-order chi connectivity index (χ1) is 5.24. The Morgan fingerprint density at radius 3 is 3.09 bits per heavy atom. The second kappa shape index (κ2) is 3.32. The molecule has 1 rings (SSSR count). The molecule has 0 bridgehead atoms. The molecule has 0 saturated carbocycles. The maximum Gasteiger partial charge on any atom is 0.142 e. The van der Waals surface area contributed by atoms with Crippen LogP contribution in [0.25, 0.3) is 0 Å². The molecule has 1 unspecified atom stereocenters. The fraction of sp³-hybridized carbons (Fsp3) is 0.375. The number of halogens is 1. The highest BCUT2D eigenvalue weighted by atomic mass is 19.1. The molecule has 2 nitrogen and oxygen atoms in total. The van der Waals surface area contributed by atoms with Gasteiger partial charge in [0.25, 0.3) is 0 Å². The van der Waals surface area contributed by atoms with Gasteiger partial charge in [0.15, 0.2) is 0 Å². The van der Waals surface area contributed by atoms with Gasteiger partial charge in [0.2, 0.25) is 0 Å². The van der Waals surface area contributed by atoms with Gasteiger partial charge < -0.3 is 5.32 Å². The Labute approximate surface area is 65.5 Å². The lowest BCUT2D eigenvalue weighted by molar-refractivity contribution is 0.369. The van der Waals surface area contributed by atoms with Crippen LogP contribution in [0.5, 0.6) is 0 Å². The van der Waals surface area contributed by atoms with Crippen molar-refractivity contribution < 1.29 is 4.39 Å². The lowest BCUT2D eigenvalue weighted by Gasteiger charge is -2.11. The molecular weight excluding hydrogens is 143 g/mol. The van der Waals surface area contributed by atoms with Gasteiger partial charge in [0.05, 0.1) is 12.0 Å². The zero-order valence-corrected chi connectivity index (χ0v) is 6.47. The quantitative estimate of drug-likeness (QED) is 0.644. The van der Waals surface area contributed by atoms with E-state index in [1.54, 1.807) is 13.0 Å². The zero-order valence-electron chi connectivity index (χ0n) is 6.47. The Morgan fingerprint density at radius 2 is 2.55 bits per heavy atom. The van der Waals surface area contributed by atoms with Crippen LogP contribution in [0, 0.1) is 0 Å². The van der Waals surface area contributed by atoms with Crippen molar-refractivity contribution >= 4 is 6.34 Å². The fourth-order valence-corrected chi connectivity index (χ4v) is 0.828. The molecule has 0 spiro atoms. The number of nitrogens with one attached hydrogen (secondary N) is 1. The minimum absolute atomic E-state index is 0.455.